The monoisotopic (exact) mass is 222 g/mol. The number of methoxy groups -OCH3 is 1. The number of hydrogen-bond donors (Lipinski definition) is 2. The molecule has 1 amide bonds. The van der Waals surface area contributed by atoms with E-state index in [1.165, 1.54) is 0 Å². The molecule has 4 heteroatoms. The standard InChI is InChI=1S/C12H18N2O2/c1-9(12(13)15)14-11-6-4-3-5-10(11)7-8-16-2/h3-6,9,14H,7-8H2,1-2H3,(H2,13,15). The molecule has 0 aromatic heterocycles. The first kappa shape index (κ1) is 12.5. The summed E-state index contributed by atoms with van der Waals surface area (Å²) in [5.74, 6) is -0.360. The van der Waals surface area contributed by atoms with Crippen molar-refractivity contribution in [3.05, 3.63) is 29.8 Å². The SMILES string of the molecule is COCCc1ccccc1NC(C)C(N)=O. The van der Waals surface area contributed by atoms with Crippen molar-refractivity contribution >= 4 is 11.6 Å². The topological polar surface area (TPSA) is 64.3 Å². The van der Waals surface area contributed by atoms with Crippen molar-refractivity contribution in [1.29, 1.82) is 0 Å². The predicted octanol–water partition coefficient (Wildman–Crippen LogP) is 1.16. The summed E-state index contributed by atoms with van der Waals surface area (Å²) in [6, 6.07) is 7.46. The van der Waals surface area contributed by atoms with Gasteiger partial charge in [0.2, 0.25) is 5.91 Å². The molecule has 0 aliphatic carbocycles. The summed E-state index contributed by atoms with van der Waals surface area (Å²) in [5.41, 5.74) is 7.27. The predicted molar refractivity (Wildman–Crippen MR) is 64.3 cm³/mol. The number of ether oxygens (including phenoxy) is 1. The number of nitrogens with one attached hydrogen (secondary N) is 1. The van der Waals surface area contributed by atoms with Crippen LogP contribution in [-0.2, 0) is 16.0 Å². The number of primary amides is 1. The van der Waals surface area contributed by atoms with E-state index in [2.05, 4.69) is 5.32 Å². The molecule has 16 heavy (non-hydrogen) atoms. The molecule has 1 rings (SSSR count). The molecule has 4 nitrogen and oxygen atoms in total. The van der Waals surface area contributed by atoms with Crippen molar-refractivity contribution in [3.8, 4) is 0 Å². The molecule has 0 fully saturated rings. The Morgan fingerprint density at radius 2 is 2.19 bits per heavy atom. The number of rotatable bonds is 6. The highest BCUT2D eigenvalue weighted by Crippen LogP contribution is 2.16. The Morgan fingerprint density at radius 3 is 2.81 bits per heavy atom. The maximum atomic E-state index is 11.0. The highest BCUT2D eigenvalue weighted by atomic mass is 16.5. The zero-order chi connectivity index (χ0) is 12.0. The zero-order valence-electron chi connectivity index (χ0n) is 9.69. The minimum absolute atomic E-state index is 0.360. The Labute approximate surface area is 95.8 Å². The number of hydrogen-bond acceptors (Lipinski definition) is 3. The maximum absolute atomic E-state index is 11.0. The number of benzene rings is 1. The van der Waals surface area contributed by atoms with E-state index in [4.69, 9.17) is 10.5 Å². The number of carbonyl (C=O) groups excluding carboxylic acids is 1. The number of carbonyl (C=O) groups is 1. The minimum Gasteiger partial charge on any atom is -0.384 e. The summed E-state index contributed by atoms with van der Waals surface area (Å²) in [6.45, 7) is 2.40. The summed E-state index contributed by atoms with van der Waals surface area (Å²) >= 11 is 0. The Bertz CT molecular complexity index is 353. The number of nitrogens with two attached hydrogens (primary N) is 1. The van der Waals surface area contributed by atoms with Crippen LogP contribution in [0.4, 0.5) is 5.69 Å². The van der Waals surface area contributed by atoms with E-state index in [0.29, 0.717) is 6.61 Å². The van der Waals surface area contributed by atoms with Crippen molar-refractivity contribution in [3.63, 3.8) is 0 Å². The smallest absolute Gasteiger partial charge is 0.239 e. The fourth-order valence-corrected chi connectivity index (χ4v) is 1.40. The van der Waals surface area contributed by atoms with E-state index in [1.54, 1.807) is 14.0 Å². The fourth-order valence-electron chi connectivity index (χ4n) is 1.40. The van der Waals surface area contributed by atoms with Crippen LogP contribution in [0.5, 0.6) is 0 Å². The fraction of sp³-hybridized carbons (Fsp3) is 0.417. The lowest BCUT2D eigenvalue weighted by atomic mass is 10.1. The molecule has 0 bridgehead atoms. The molecule has 1 atom stereocenters. The third-order valence-corrected chi connectivity index (χ3v) is 2.39. The molecular formula is C12H18N2O2. The van der Waals surface area contributed by atoms with Crippen LogP contribution < -0.4 is 11.1 Å². The highest BCUT2D eigenvalue weighted by Gasteiger charge is 2.09. The van der Waals surface area contributed by atoms with E-state index in [-0.39, 0.29) is 11.9 Å². The molecule has 1 aromatic carbocycles. The van der Waals surface area contributed by atoms with Gasteiger partial charge in [0, 0.05) is 12.8 Å². The third-order valence-electron chi connectivity index (χ3n) is 2.39. The van der Waals surface area contributed by atoms with Crippen LogP contribution in [-0.4, -0.2) is 25.7 Å². The number of anilines is 1. The third kappa shape index (κ3) is 3.55. The van der Waals surface area contributed by atoms with Crippen molar-refractivity contribution < 1.29 is 9.53 Å². The Balaban J connectivity index is 2.74. The van der Waals surface area contributed by atoms with Crippen molar-refractivity contribution in [2.24, 2.45) is 5.73 Å². The Hall–Kier alpha value is -1.55. The average molecular weight is 222 g/mol. The Kier molecular flexibility index (Phi) is 4.79. The van der Waals surface area contributed by atoms with E-state index in [0.717, 1.165) is 17.7 Å². The lowest BCUT2D eigenvalue weighted by molar-refractivity contribution is -0.118. The van der Waals surface area contributed by atoms with Gasteiger partial charge < -0.3 is 15.8 Å². The van der Waals surface area contributed by atoms with Gasteiger partial charge in [-0.3, -0.25) is 4.79 Å². The maximum Gasteiger partial charge on any atom is 0.239 e. The molecule has 0 spiro atoms. The lowest BCUT2D eigenvalue weighted by Crippen LogP contribution is -2.32. The normalized spacial score (nSPS) is 12.1. The molecule has 0 aliphatic heterocycles. The lowest BCUT2D eigenvalue weighted by Gasteiger charge is -2.15. The molecule has 88 valence electrons. The van der Waals surface area contributed by atoms with Crippen LogP contribution in [0.15, 0.2) is 24.3 Å². The second-order valence-corrected chi connectivity index (χ2v) is 3.67. The molecule has 3 N–H and O–H groups in total. The molecule has 0 heterocycles. The Morgan fingerprint density at radius 1 is 1.50 bits per heavy atom. The van der Waals surface area contributed by atoms with Crippen LogP contribution in [0.25, 0.3) is 0 Å². The molecule has 1 unspecified atom stereocenters. The van der Waals surface area contributed by atoms with Gasteiger partial charge in [0.1, 0.15) is 6.04 Å². The molecule has 0 saturated carbocycles. The van der Waals surface area contributed by atoms with Crippen molar-refractivity contribution in [2.75, 3.05) is 19.0 Å². The van der Waals surface area contributed by atoms with Gasteiger partial charge in [-0.2, -0.15) is 0 Å². The van der Waals surface area contributed by atoms with Gasteiger partial charge in [0.05, 0.1) is 6.61 Å². The molecular weight excluding hydrogens is 204 g/mol. The first-order valence-corrected chi connectivity index (χ1v) is 5.28. The molecule has 0 radical (unpaired) electrons. The number of amides is 1. The quantitative estimate of drug-likeness (QED) is 0.759. The molecule has 0 aliphatic rings. The first-order chi connectivity index (χ1) is 7.65. The summed E-state index contributed by atoms with van der Waals surface area (Å²) < 4.78 is 5.03. The van der Waals surface area contributed by atoms with Crippen LogP contribution in [0.3, 0.4) is 0 Å². The summed E-state index contributed by atoms with van der Waals surface area (Å²) in [7, 11) is 1.67. The van der Waals surface area contributed by atoms with Gasteiger partial charge in [0.25, 0.3) is 0 Å². The van der Waals surface area contributed by atoms with E-state index >= 15 is 0 Å². The van der Waals surface area contributed by atoms with Crippen molar-refractivity contribution in [1.82, 2.24) is 0 Å². The average Bonchev–Trinajstić information content (AvgIpc) is 2.27. The second kappa shape index (κ2) is 6.12. The first-order valence-electron chi connectivity index (χ1n) is 5.28. The summed E-state index contributed by atoms with van der Waals surface area (Å²) in [5, 5.41) is 3.09. The van der Waals surface area contributed by atoms with Gasteiger partial charge in [-0.05, 0) is 25.0 Å². The molecule has 1 aromatic rings. The largest absolute Gasteiger partial charge is 0.384 e. The van der Waals surface area contributed by atoms with E-state index < -0.39 is 0 Å². The van der Waals surface area contributed by atoms with Gasteiger partial charge in [-0.15, -0.1) is 0 Å². The van der Waals surface area contributed by atoms with Crippen LogP contribution >= 0.6 is 0 Å². The second-order valence-electron chi connectivity index (χ2n) is 3.67. The van der Waals surface area contributed by atoms with Gasteiger partial charge in [-0.25, -0.2) is 0 Å². The van der Waals surface area contributed by atoms with Crippen LogP contribution in [0.1, 0.15) is 12.5 Å². The van der Waals surface area contributed by atoms with E-state index in [1.807, 2.05) is 24.3 Å². The summed E-state index contributed by atoms with van der Waals surface area (Å²) in [6.07, 6.45) is 0.811. The molecule has 0 saturated heterocycles. The number of para-hydroxylation sites is 1. The minimum atomic E-state index is -0.372. The summed E-state index contributed by atoms with van der Waals surface area (Å²) in [4.78, 5) is 11.0. The zero-order valence-corrected chi connectivity index (χ0v) is 9.69. The van der Waals surface area contributed by atoms with Crippen LogP contribution in [0.2, 0.25) is 0 Å². The van der Waals surface area contributed by atoms with Crippen LogP contribution in [0, 0.1) is 0 Å². The highest BCUT2D eigenvalue weighted by molar-refractivity contribution is 5.82. The van der Waals surface area contributed by atoms with Gasteiger partial charge in [0.15, 0.2) is 0 Å². The van der Waals surface area contributed by atoms with Crippen molar-refractivity contribution in [2.45, 2.75) is 19.4 Å². The van der Waals surface area contributed by atoms with Gasteiger partial charge >= 0.3 is 0 Å². The van der Waals surface area contributed by atoms with E-state index in [9.17, 15) is 4.79 Å². The van der Waals surface area contributed by atoms with Gasteiger partial charge in [-0.1, -0.05) is 18.2 Å².